The summed E-state index contributed by atoms with van der Waals surface area (Å²) in [5, 5.41) is 12.9. The van der Waals surface area contributed by atoms with Crippen molar-refractivity contribution in [3.8, 4) is 5.75 Å². The van der Waals surface area contributed by atoms with Crippen molar-refractivity contribution >= 4 is 5.69 Å². The van der Waals surface area contributed by atoms with Crippen LogP contribution in [0, 0.1) is 0 Å². The van der Waals surface area contributed by atoms with Gasteiger partial charge in [-0.2, -0.15) is 0 Å². The molecule has 0 saturated carbocycles. The monoisotopic (exact) mass is 264 g/mol. The van der Waals surface area contributed by atoms with E-state index in [-0.39, 0.29) is 18.8 Å². The summed E-state index contributed by atoms with van der Waals surface area (Å²) in [6.07, 6.45) is 1.29. The molecular weight excluding hydrogens is 240 g/mol. The van der Waals surface area contributed by atoms with E-state index in [0.29, 0.717) is 0 Å². The fraction of sp³-hybridized carbons (Fsp3) is 0.600. The molecule has 106 valence electrons. The molecule has 4 heteroatoms. The van der Waals surface area contributed by atoms with Gasteiger partial charge >= 0.3 is 0 Å². The summed E-state index contributed by atoms with van der Waals surface area (Å²) in [5.41, 5.74) is 1.15. The summed E-state index contributed by atoms with van der Waals surface area (Å²) in [5.74, 6) is 0.896. The first-order valence-corrected chi connectivity index (χ1v) is 7.05. The Bertz CT molecular complexity index is 378. The lowest BCUT2D eigenvalue weighted by atomic mass is 10.2. The van der Waals surface area contributed by atoms with Gasteiger partial charge in [0.25, 0.3) is 0 Å². The Labute approximate surface area is 115 Å². The number of nitrogens with one attached hydrogen (secondary N) is 1. The van der Waals surface area contributed by atoms with Crippen LogP contribution < -0.4 is 15.0 Å². The smallest absolute Gasteiger partial charge is 0.119 e. The lowest BCUT2D eigenvalue weighted by Crippen LogP contribution is -2.42. The molecule has 1 aliphatic heterocycles. The van der Waals surface area contributed by atoms with Gasteiger partial charge in [0.15, 0.2) is 0 Å². The highest BCUT2D eigenvalue weighted by Gasteiger charge is 2.20. The van der Waals surface area contributed by atoms with Gasteiger partial charge in [-0.15, -0.1) is 0 Å². The van der Waals surface area contributed by atoms with E-state index in [0.717, 1.165) is 37.5 Å². The number of hydrogen-bond donors (Lipinski definition) is 2. The van der Waals surface area contributed by atoms with E-state index in [1.807, 2.05) is 26.0 Å². The van der Waals surface area contributed by atoms with Crippen LogP contribution in [0.2, 0.25) is 0 Å². The third kappa shape index (κ3) is 3.85. The summed E-state index contributed by atoms with van der Waals surface area (Å²) >= 11 is 0. The minimum absolute atomic E-state index is 0.152. The number of benzene rings is 1. The lowest BCUT2D eigenvalue weighted by Gasteiger charge is -2.30. The van der Waals surface area contributed by atoms with Crippen molar-refractivity contribution in [1.82, 2.24) is 5.32 Å². The van der Waals surface area contributed by atoms with Crippen molar-refractivity contribution in [3.63, 3.8) is 0 Å². The normalized spacial score (nSPS) is 20.4. The van der Waals surface area contributed by atoms with E-state index in [1.54, 1.807) is 0 Å². The van der Waals surface area contributed by atoms with Crippen molar-refractivity contribution in [2.24, 2.45) is 0 Å². The van der Waals surface area contributed by atoms with E-state index in [9.17, 15) is 5.11 Å². The summed E-state index contributed by atoms with van der Waals surface area (Å²) in [7, 11) is 0. The first-order valence-electron chi connectivity index (χ1n) is 7.05. The largest absolute Gasteiger partial charge is 0.491 e. The molecule has 0 spiro atoms. The topological polar surface area (TPSA) is 44.7 Å². The highest BCUT2D eigenvalue weighted by atomic mass is 16.5. The second kappa shape index (κ2) is 6.78. The molecular formula is C15H24N2O2. The Morgan fingerprint density at radius 2 is 2.11 bits per heavy atom. The van der Waals surface area contributed by atoms with Crippen molar-refractivity contribution in [1.29, 1.82) is 0 Å². The van der Waals surface area contributed by atoms with Crippen molar-refractivity contribution in [3.05, 3.63) is 24.3 Å². The Balaban J connectivity index is 2.10. The van der Waals surface area contributed by atoms with Crippen LogP contribution in [0.4, 0.5) is 5.69 Å². The Kier molecular flexibility index (Phi) is 5.05. The number of nitrogens with zero attached hydrogens (tertiary/aromatic N) is 1. The molecule has 1 fully saturated rings. The van der Waals surface area contributed by atoms with Gasteiger partial charge in [-0.25, -0.2) is 0 Å². The Morgan fingerprint density at radius 3 is 2.74 bits per heavy atom. The average molecular weight is 264 g/mol. The van der Waals surface area contributed by atoms with Gasteiger partial charge < -0.3 is 20.1 Å². The van der Waals surface area contributed by atoms with Gasteiger partial charge in [0.1, 0.15) is 5.75 Å². The SMILES string of the molecule is CC(C)Oc1ccc(N2CCCNCC2CO)cc1. The molecule has 0 bridgehead atoms. The summed E-state index contributed by atoms with van der Waals surface area (Å²) < 4.78 is 5.65. The molecule has 2 N–H and O–H groups in total. The molecule has 1 atom stereocenters. The van der Waals surface area contributed by atoms with E-state index in [1.165, 1.54) is 0 Å². The van der Waals surface area contributed by atoms with Crippen molar-refractivity contribution in [2.45, 2.75) is 32.4 Å². The Morgan fingerprint density at radius 1 is 1.37 bits per heavy atom. The number of ether oxygens (including phenoxy) is 1. The van der Waals surface area contributed by atoms with Crippen LogP contribution in [0.3, 0.4) is 0 Å². The molecule has 0 aliphatic carbocycles. The van der Waals surface area contributed by atoms with E-state index < -0.39 is 0 Å². The molecule has 1 unspecified atom stereocenters. The lowest BCUT2D eigenvalue weighted by molar-refractivity contribution is 0.242. The van der Waals surface area contributed by atoms with E-state index in [2.05, 4.69) is 22.3 Å². The quantitative estimate of drug-likeness (QED) is 0.867. The predicted octanol–water partition coefficient (Wildman–Crippen LogP) is 1.63. The highest BCUT2D eigenvalue weighted by Crippen LogP contribution is 2.22. The zero-order valence-electron chi connectivity index (χ0n) is 11.8. The maximum absolute atomic E-state index is 9.51. The number of hydrogen-bond acceptors (Lipinski definition) is 4. The van der Waals surface area contributed by atoms with Crippen molar-refractivity contribution in [2.75, 3.05) is 31.1 Å². The highest BCUT2D eigenvalue weighted by molar-refractivity contribution is 5.50. The van der Waals surface area contributed by atoms with Gasteiger partial charge in [0.05, 0.1) is 18.8 Å². The predicted molar refractivity (Wildman–Crippen MR) is 77.9 cm³/mol. The first-order chi connectivity index (χ1) is 9.20. The second-order valence-electron chi connectivity index (χ2n) is 5.25. The summed E-state index contributed by atoms with van der Waals surface area (Å²) in [6, 6.07) is 8.31. The molecule has 1 saturated heterocycles. The molecule has 1 aromatic rings. The summed E-state index contributed by atoms with van der Waals surface area (Å²) in [6.45, 7) is 7.05. The molecule has 2 rings (SSSR count). The van der Waals surface area contributed by atoms with Crippen LogP contribution in [0.15, 0.2) is 24.3 Å². The molecule has 4 nitrogen and oxygen atoms in total. The zero-order chi connectivity index (χ0) is 13.7. The van der Waals surface area contributed by atoms with Crippen LogP contribution in [0.25, 0.3) is 0 Å². The standard InChI is InChI=1S/C15H24N2O2/c1-12(2)19-15-6-4-13(5-7-15)17-9-3-8-16-10-14(17)11-18/h4-7,12,14,16,18H,3,8-11H2,1-2H3. The molecule has 19 heavy (non-hydrogen) atoms. The molecule has 0 radical (unpaired) electrons. The number of aliphatic hydroxyl groups excluding tert-OH is 1. The van der Waals surface area contributed by atoms with E-state index >= 15 is 0 Å². The minimum atomic E-state index is 0.152. The maximum atomic E-state index is 9.51. The third-order valence-electron chi connectivity index (χ3n) is 3.32. The minimum Gasteiger partial charge on any atom is -0.491 e. The van der Waals surface area contributed by atoms with Crippen LogP contribution in [0.5, 0.6) is 5.75 Å². The third-order valence-corrected chi connectivity index (χ3v) is 3.32. The number of aliphatic hydroxyl groups is 1. The van der Waals surface area contributed by atoms with E-state index in [4.69, 9.17) is 4.74 Å². The van der Waals surface area contributed by atoms with Gasteiger partial charge in [-0.1, -0.05) is 0 Å². The van der Waals surface area contributed by atoms with Crippen molar-refractivity contribution < 1.29 is 9.84 Å². The first kappa shape index (κ1) is 14.2. The van der Waals surface area contributed by atoms with Crippen LogP contribution in [0.1, 0.15) is 20.3 Å². The average Bonchev–Trinajstić information content (AvgIpc) is 2.64. The van der Waals surface area contributed by atoms with Gasteiger partial charge in [0, 0.05) is 18.8 Å². The second-order valence-corrected chi connectivity index (χ2v) is 5.25. The molecule has 0 amide bonds. The number of anilines is 1. The van der Waals surface area contributed by atoms with Gasteiger partial charge in [-0.05, 0) is 51.1 Å². The fourth-order valence-corrected chi connectivity index (χ4v) is 2.43. The molecule has 1 aromatic carbocycles. The van der Waals surface area contributed by atoms with Gasteiger partial charge in [0.2, 0.25) is 0 Å². The number of rotatable bonds is 4. The molecule has 1 heterocycles. The Hall–Kier alpha value is -1.26. The fourth-order valence-electron chi connectivity index (χ4n) is 2.43. The van der Waals surface area contributed by atoms with Gasteiger partial charge in [-0.3, -0.25) is 0 Å². The zero-order valence-corrected chi connectivity index (χ0v) is 11.8. The molecule has 1 aliphatic rings. The summed E-state index contributed by atoms with van der Waals surface area (Å²) in [4.78, 5) is 2.28. The van der Waals surface area contributed by atoms with Crippen LogP contribution in [-0.4, -0.2) is 43.5 Å². The molecule has 0 aromatic heterocycles. The maximum Gasteiger partial charge on any atom is 0.119 e. The van der Waals surface area contributed by atoms with Crippen LogP contribution in [-0.2, 0) is 0 Å². The van der Waals surface area contributed by atoms with Crippen LogP contribution >= 0.6 is 0 Å².